The number of piperidine rings is 1. The Morgan fingerprint density at radius 1 is 1.19 bits per heavy atom. The second-order valence-electron chi connectivity index (χ2n) is 7.61. The number of rotatable bonds is 2. The van der Waals surface area contributed by atoms with Crippen LogP contribution < -0.4 is 10.2 Å². The van der Waals surface area contributed by atoms with E-state index in [4.69, 9.17) is 16.0 Å². The quantitative estimate of drug-likeness (QED) is 0.875. The third-order valence-electron chi connectivity index (χ3n) is 6.13. The van der Waals surface area contributed by atoms with Gasteiger partial charge in [-0.05, 0) is 44.4 Å². The zero-order valence-corrected chi connectivity index (χ0v) is 15.4. The van der Waals surface area contributed by atoms with E-state index in [0.717, 1.165) is 57.4 Å². The van der Waals surface area contributed by atoms with Gasteiger partial charge in [0.05, 0.1) is 0 Å². The van der Waals surface area contributed by atoms with E-state index in [9.17, 15) is 4.79 Å². The highest BCUT2D eigenvalue weighted by atomic mass is 35.5. The van der Waals surface area contributed by atoms with Crippen LogP contribution in [-0.2, 0) is 4.79 Å². The van der Waals surface area contributed by atoms with Gasteiger partial charge in [0, 0.05) is 48.7 Å². The van der Waals surface area contributed by atoms with Gasteiger partial charge in [0.25, 0.3) is 6.01 Å². The lowest BCUT2D eigenvalue weighted by molar-refractivity contribution is -0.137. The number of nitrogens with one attached hydrogen (secondary N) is 1. The average molecular weight is 375 g/mol. The molecule has 1 aromatic carbocycles. The van der Waals surface area contributed by atoms with Gasteiger partial charge in [0.1, 0.15) is 5.52 Å². The van der Waals surface area contributed by atoms with Crippen LogP contribution in [0.3, 0.4) is 0 Å². The summed E-state index contributed by atoms with van der Waals surface area (Å²) in [6.07, 6.45) is 3.92. The predicted octanol–water partition coefficient (Wildman–Crippen LogP) is 2.66. The molecule has 26 heavy (non-hydrogen) atoms. The van der Waals surface area contributed by atoms with Crippen LogP contribution in [0.1, 0.15) is 25.7 Å². The minimum absolute atomic E-state index is 0.129. The van der Waals surface area contributed by atoms with Crippen LogP contribution in [0.15, 0.2) is 22.6 Å². The summed E-state index contributed by atoms with van der Waals surface area (Å²) in [5.74, 6) is 0.481. The fourth-order valence-corrected chi connectivity index (χ4v) is 4.87. The van der Waals surface area contributed by atoms with Crippen LogP contribution in [0, 0.1) is 5.92 Å². The zero-order chi connectivity index (χ0) is 17.7. The van der Waals surface area contributed by atoms with Gasteiger partial charge in [-0.1, -0.05) is 11.6 Å². The molecule has 0 bridgehead atoms. The van der Waals surface area contributed by atoms with E-state index >= 15 is 0 Å². The highest BCUT2D eigenvalue weighted by Crippen LogP contribution is 2.31. The highest BCUT2D eigenvalue weighted by Gasteiger charge is 2.42. The fourth-order valence-electron chi connectivity index (χ4n) is 4.71. The SMILES string of the molecule is O=C(C1CCN(c2nc3ccc(Cl)cc3o2)CC1)N1CC[C@@H]2NCC[C@@H]21. The molecule has 1 amide bonds. The first-order valence-electron chi connectivity index (χ1n) is 9.54. The summed E-state index contributed by atoms with van der Waals surface area (Å²) in [6.45, 7) is 3.56. The number of likely N-dealkylation sites (tertiary alicyclic amines) is 1. The summed E-state index contributed by atoms with van der Waals surface area (Å²) >= 11 is 6.02. The Kier molecular flexibility index (Phi) is 4.05. The Balaban J connectivity index is 1.24. The maximum absolute atomic E-state index is 13.0. The monoisotopic (exact) mass is 374 g/mol. The summed E-state index contributed by atoms with van der Waals surface area (Å²) in [5, 5.41) is 4.17. The maximum Gasteiger partial charge on any atom is 0.298 e. The van der Waals surface area contributed by atoms with Crippen molar-refractivity contribution in [2.24, 2.45) is 5.92 Å². The predicted molar refractivity (Wildman–Crippen MR) is 100 cm³/mol. The minimum atomic E-state index is 0.129. The van der Waals surface area contributed by atoms with Gasteiger partial charge in [-0.15, -0.1) is 0 Å². The average Bonchev–Trinajstić information content (AvgIpc) is 3.36. The van der Waals surface area contributed by atoms with Crippen LogP contribution in [0.4, 0.5) is 6.01 Å². The number of aromatic nitrogens is 1. The first kappa shape index (κ1) is 16.4. The van der Waals surface area contributed by atoms with Gasteiger partial charge >= 0.3 is 0 Å². The molecule has 0 unspecified atom stereocenters. The topological polar surface area (TPSA) is 61.6 Å². The molecule has 138 valence electrons. The molecule has 0 spiro atoms. The second-order valence-corrected chi connectivity index (χ2v) is 8.04. The third kappa shape index (κ3) is 2.76. The Hall–Kier alpha value is -1.79. The lowest BCUT2D eigenvalue weighted by Gasteiger charge is -2.34. The molecule has 3 saturated heterocycles. The summed E-state index contributed by atoms with van der Waals surface area (Å²) in [6, 6.07) is 7.06. The maximum atomic E-state index is 13.0. The fraction of sp³-hybridized carbons (Fsp3) is 0.579. The Morgan fingerprint density at radius 3 is 2.88 bits per heavy atom. The number of oxazole rings is 1. The molecule has 0 aliphatic carbocycles. The van der Waals surface area contributed by atoms with Gasteiger partial charge < -0.3 is 19.5 Å². The zero-order valence-electron chi connectivity index (χ0n) is 14.7. The van der Waals surface area contributed by atoms with Crippen LogP contribution in [-0.4, -0.2) is 54.1 Å². The summed E-state index contributed by atoms with van der Waals surface area (Å²) in [7, 11) is 0. The molecule has 1 aromatic heterocycles. The molecular weight excluding hydrogens is 352 g/mol. The number of hydrogen-bond acceptors (Lipinski definition) is 5. The van der Waals surface area contributed by atoms with Gasteiger partial charge in [-0.2, -0.15) is 4.98 Å². The van der Waals surface area contributed by atoms with Crippen molar-refractivity contribution in [1.29, 1.82) is 0 Å². The van der Waals surface area contributed by atoms with E-state index in [-0.39, 0.29) is 5.92 Å². The van der Waals surface area contributed by atoms with Crippen molar-refractivity contribution in [3.8, 4) is 0 Å². The molecule has 1 N–H and O–H groups in total. The first-order chi connectivity index (χ1) is 12.7. The van der Waals surface area contributed by atoms with Crippen molar-refractivity contribution in [2.75, 3.05) is 31.1 Å². The molecule has 3 aliphatic rings. The van der Waals surface area contributed by atoms with Crippen molar-refractivity contribution in [3.05, 3.63) is 23.2 Å². The van der Waals surface area contributed by atoms with Crippen LogP contribution in [0.25, 0.3) is 11.1 Å². The van der Waals surface area contributed by atoms with Gasteiger partial charge in [0.15, 0.2) is 5.58 Å². The lowest BCUT2D eigenvalue weighted by atomic mass is 9.95. The standard InChI is InChI=1S/C19H23ClN4O2/c20-13-1-2-15-17(11-13)26-19(22-15)23-8-4-12(5-9-23)18(25)24-10-6-14-16(24)3-7-21-14/h1-2,11-12,14,16,21H,3-10H2/t14-,16-/m0/s1. The number of nitrogens with zero attached hydrogens (tertiary/aromatic N) is 3. The minimum Gasteiger partial charge on any atom is -0.423 e. The Bertz CT molecular complexity index is 830. The number of fused-ring (bicyclic) bond motifs is 2. The normalized spacial score (nSPS) is 26.7. The van der Waals surface area contributed by atoms with Gasteiger partial charge in [-0.25, -0.2) is 0 Å². The van der Waals surface area contributed by atoms with E-state index < -0.39 is 0 Å². The summed E-state index contributed by atoms with van der Waals surface area (Å²) in [4.78, 5) is 21.8. The second kappa shape index (κ2) is 6.43. The number of halogens is 1. The van der Waals surface area contributed by atoms with Crippen molar-refractivity contribution in [1.82, 2.24) is 15.2 Å². The molecule has 0 saturated carbocycles. The molecule has 2 atom stereocenters. The smallest absolute Gasteiger partial charge is 0.298 e. The summed E-state index contributed by atoms with van der Waals surface area (Å²) in [5.41, 5.74) is 1.53. The van der Waals surface area contributed by atoms with E-state index in [1.165, 1.54) is 0 Å². The van der Waals surface area contributed by atoms with Crippen LogP contribution in [0.2, 0.25) is 5.02 Å². The number of benzene rings is 1. The van der Waals surface area contributed by atoms with E-state index in [1.54, 1.807) is 6.07 Å². The first-order valence-corrected chi connectivity index (χ1v) is 9.92. The van der Waals surface area contributed by atoms with Crippen molar-refractivity contribution in [2.45, 2.75) is 37.8 Å². The summed E-state index contributed by atoms with van der Waals surface area (Å²) < 4.78 is 5.87. The number of carbonyl (C=O) groups is 1. The molecular formula is C19H23ClN4O2. The van der Waals surface area contributed by atoms with E-state index in [0.29, 0.717) is 34.6 Å². The number of amides is 1. The highest BCUT2D eigenvalue weighted by molar-refractivity contribution is 6.31. The third-order valence-corrected chi connectivity index (χ3v) is 6.36. The lowest BCUT2D eigenvalue weighted by Crippen LogP contribution is -2.45. The van der Waals surface area contributed by atoms with Gasteiger partial charge in [-0.3, -0.25) is 4.79 Å². The molecule has 0 radical (unpaired) electrons. The van der Waals surface area contributed by atoms with Crippen molar-refractivity contribution >= 4 is 34.6 Å². The molecule has 3 aliphatic heterocycles. The number of anilines is 1. The molecule has 6 nitrogen and oxygen atoms in total. The van der Waals surface area contributed by atoms with Crippen LogP contribution >= 0.6 is 11.6 Å². The molecule has 4 heterocycles. The Labute approximate surface area is 157 Å². The Morgan fingerprint density at radius 2 is 2.04 bits per heavy atom. The molecule has 7 heteroatoms. The van der Waals surface area contributed by atoms with E-state index in [2.05, 4.69) is 20.1 Å². The van der Waals surface area contributed by atoms with Crippen molar-refractivity contribution < 1.29 is 9.21 Å². The van der Waals surface area contributed by atoms with E-state index in [1.807, 2.05) is 12.1 Å². The number of carbonyl (C=O) groups excluding carboxylic acids is 1. The molecule has 2 aromatic rings. The largest absolute Gasteiger partial charge is 0.423 e. The molecule has 3 fully saturated rings. The molecule has 5 rings (SSSR count). The van der Waals surface area contributed by atoms with Gasteiger partial charge in [0.2, 0.25) is 5.91 Å². The van der Waals surface area contributed by atoms with Crippen LogP contribution in [0.5, 0.6) is 0 Å². The van der Waals surface area contributed by atoms with Crippen molar-refractivity contribution in [3.63, 3.8) is 0 Å². The number of hydrogen-bond donors (Lipinski definition) is 1.